The van der Waals surface area contributed by atoms with Crippen molar-refractivity contribution in [1.29, 1.82) is 0 Å². The predicted molar refractivity (Wildman–Crippen MR) is 85.5 cm³/mol. The quantitative estimate of drug-likeness (QED) is 0.846. The Morgan fingerprint density at radius 1 is 1.48 bits per heavy atom. The molecule has 0 spiro atoms. The maximum absolute atomic E-state index is 12.6. The highest BCUT2D eigenvalue weighted by atomic mass is 35.5. The summed E-state index contributed by atoms with van der Waals surface area (Å²) in [5, 5.41) is 13.8. The number of hydrogen-bond acceptors (Lipinski definition) is 2. The van der Waals surface area contributed by atoms with Crippen LogP contribution < -0.4 is 5.32 Å². The van der Waals surface area contributed by atoms with E-state index in [0.29, 0.717) is 18.0 Å². The van der Waals surface area contributed by atoms with E-state index >= 15 is 0 Å². The zero-order valence-corrected chi connectivity index (χ0v) is 13.5. The van der Waals surface area contributed by atoms with Crippen LogP contribution in [0.1, 0.15) is 51.5 Å². The largest absolute Gasteiger partial charge is 0.388 e. The Hall–Kier alpha value is -1.06. The molecular formula is C17H24ClNO2. The summed E-state index contributed by atoms with van der Waals surface area (Å²) in [6.07, 6.45) is 4.30. The molecule has 116 valence electrons. The molecule has 2 rings (SSSR count). The number of halogens is 1. The first-order valence-corrected chi connectivity index (χ1v) is 8.04. The van der Waals surface area contributed by atoms with Crippen molar-refractivity contribution in [3.05, 3.63) is 34.9 Å². The maximum atomic E-state index is 12.6. The van der Waals surface area contributed by atoms with Gasteiger partial charge in [0, 0.05) is 11.6 Å². The first-order chi connectivity index (χ1) is 9.89. The zero-order chi connectivity index (χ0) is 15.5. The molecule has 1 aromatic carbocycles. The van der Waals surface area contributed by atoms with Crippen LogP contribution in [0.4, 0.5) is 0 Å². The summed E-state index contributed by atoms with van der Waals surface area (Å²) in [4.78, 5) is 12.6. The fourth-order valence-corrected chi connectivity index (χ4v) is 3.22. The third-order valence-electron chi connectivity index (χ3n) is 4.44. The first kappa shape index (κ1) is 16.3. The van der Waals surface area contributed by atoms with E-state index in [2.05, 4.69) is 5.32 Å². The fourth-order valence-electron chi connectivity index (χ4n) is 3.03. The molecule has 0 radical (unpaired) electrons. The van der Waals surface area contributed by atoms with Crippen LogP contribution >= 0.6 is 11.6 Å². The van der Waals surface area contributed by atoms with Gasteiger partial charge >= 0.3 is 0 Å². The van der Waals surface area contributed by atoms with Gasteiger partial charge in [-0.2, -0.15) is 0 Å². The lowest BCUT2D eigenvalue weighted by Gasteiger charge is -2.41. The predicted octanol–water partition coefficient (Wildman–Crippen LogP) is 3.43. The average molecular weight is 310 g/mol. The molecule has 1 aliphatic carbocycles. The van der Waals surface area contributed by atoms with Crippen molar-refractivity contribution in [2.24, 2.45) is 0 Å². The molecule has 2 N–H and O–H groups in total. The highest BCUT2D eigenvalue weighted by molar-refractivity contribution is 6.30. The zero-order valence-electron chi connectivity index (χ0n) is 12.8. The Balaban J connectivity index is 2.09. The van der Waals surface area contributed by atoms with Gasteiger partial charge in [0.15, 0.2) is 0 Å². The van der Waals surface area contributed by atoms with Gasteiger partial charge in [0.25, 0.3) is 0 Å². The molecule has 1 saturated carbocycles. The van der Waals surface area contributed by atoms with Crippen molar-refractivity contribution in [2.75, 3.05) is 6.54 Å². The van der Waals surface area contributed by atoms with Crippen LogP contribution in [0.2, 0.25) is 5.02 Å². The van der Waals surface area contributed by atoms with Crippen LogP contribution in [0.15, 0.2) is 24.3 Å². The van der Waals surface area contributed by atoms with Gasteiger partial charge in [0.2, 0.25) is 5.91 Å². The van der Waals surface area contributed by atoms with Crippen molar-refractivity contribution >= 4 is 17.5 Å². The van der Waals surface area contributed by atoms with Crippen molar-refractivity contribution in [3.63, 3.8) is 0 Å². The van der Waals surface area contributed by atoms with E-state index < -0.39 is 11.0 Å². The third kappa shape index (κ3) is 3.58. The number of aliphatic hydroxyl groups is 1. The van der Waals surface area contributed by atoms with Gasteiger partial charge in [-0.05, 0) is 43.9 Å². The monoisotopic (exact) mass is 309 g/mol. The minimum absolute atomic E-state index is 0.00685. The van der Waals surface area contributed by atoms with Gasteiger partial charge in [0.1, 0.15) is 0 Å². The minimum atomic E-state index is -0.844. The molecule has 0 bridgehead atoms. The van der Waals surface area contributed by atoms with E-state index in [1.807, 2.05) is 31.2 Å². The summed E-state index contributed by atoms with van der Waals surface area (Å²) in [6.45, 7) is 4.08. The first-order valence-electron chi connectivity index (χ1n) is 7.66. The number of carbonyl (C=O) groups excluding carboxylic acids is 1. The van der Waals surface area contributed by atoms with Crippen LogP contribution in [0.25, 0.3) is 0 Å². The van der Waals surface area contributed by atoms with Crippen LogP contribution in [0.5, 0.6) is 0 Å². The van der Waals surface area contributed by atoms with E-state index in [4.69, 9.17) is 11.6 Å². The second-order valence-corrected chi connectivity index (χ2v) is 6.81. The number of benzene rings is 1. The van der Waals surface area contributed by atoms with Gasteiger partial charge in [-0.15, -0.1) is 0 Å². The third-order valence-corrected chi connectivity index (χ3v) is 4.67. The van der Waals surface area contributed by atoms with Crippen LogP contribution in [-0.2, 0) is 10.2 Å². The van der Waals surface area contributed by atoms with E-state index in [9.17, 15) is 9.90 Å². The van der Waals surface area contributed by atoms with Gasteiger partial charge in [-0.1, -0.05) is 43.5 Å². The lowest BCUT2D eigenvalue weighted by atomic mass is 9.63. The molecule has 1 atom stereocenters. The number of carbonyl (C=O) groups is 1. The fraction of sp³-hybridized carbons (Fsp3) is 0.588. The summed E-state index contributed by atoms with van der Waals surface area (Å²) >= 11 is 6.06. The van der Waals surface area contributed by atoms with E-state index in [-0.39, 0.29) is 5.91 Å². The number of amides is 1. The molecule has 4 heteroatoms. The highest BCUT2D eigenvalue weighted by Crippen LogP contribution is 2.44. The van der Waals surface area contributed by atoms with Gasteiger partial charge in [-0.25, -0.2) is 0 Å². The van der Waals surface area contributed by atoms with E-state index in [0.717, 1.165) is 31.2 Å². The molecule has 3 nitrogen and oxygen atoms in total. The molecule has 1 aromatic rings. The standard InChI is InChI=1S/C17H24ClNO2/c1-3-8-16(2,21)12-19-15(20)17(9-5-10-17)13-6-4-7-14(18)11-13/h4,6-7,11,21H,3,5,8-10,12H2,1-2H3,(H,19,20). The summed E-state index contributed by atoms with van der Waals surface area (Å²) in [5.74, 6) is 0.00685. The van der Waals surface area contributed by atoms with Gasteiger partial charge in [-0.3, -0.25) is 4.79 Å². The summed E-state index contributed by atoms with van der Waals surface area (Å²) in [6, 6.07) is 7.55. The molecule has 0 aliphatic heterocycles. The molecular weight excluding hydrogens is 286 g/mol. The Morgan fingerprint density at radius 3 is 2.71 bits per heavy atom. The van der Waals surface area contributed by atoms with E-state index in [1.165, 1.54) is 0 Å². The smallest absolute Gasteiger partial charge is 0.230 e. The Morgan fingerprint density at radius 2 is 2.19 bits per heavy atom. The van der Waals surface area contributed by atoms with Crippen molar-refractivity contribution in [1.82, 2.24) is 5.32 Å². The summed E-state index contributed by atoms with van der Waals surface area (Å²) in [5.41, 5.74) is -0.328. The molecule has 0 saturated heterocycles. The molecule has 1 fully saturated rings. The SMILES string of the molecule is CCCC(C)(O)CNC(=O)C1(c2cccc(Cl)c2)CCC1. The van der Waals surface area contributed by atoms with Gasteiger partial charge < -0.3 is 10.4 Å². The maximum Gasteiger partial charge on any atom is 0.230 e. The van der Waals surface area contributed by atoms with Crippen LogP contribution in [-0.4, -0.2) is 23.2 Å². The summed E-state index contributed by atoms with van der Waals surface area (Å²) < 4.78 is 0. The number of nitrogens with one attached hydrogen (secondary N) is 1. The van der Waals surface area contributed by atoms with Crippen LogP contribution in [0, 0.1) is 0 Å². The second-order valence-electron chi connectivity index (χ2n) is 6.38. The second kappa shape index (κ2) is 6.37. The molecule has 0 aromatic heterocycles. The molecule has 1 unspecified atom stereocenters. The topological polar surface area (TPSA) is 49.3 Å². The Labute approximate surface area is 131 Å². The molecule has 21 heavy (non-hydrogen) atoms. The van der Waals surface area contributed by atoms with Crippen LogP contribution in [0.3, 0.4) is 0 Å². The van der Waals surface area contributed by atoms with E-state index in [1.54, 1.807) is 6.92 Å². The lowest BCUT2D eigenvalue weighted by Crippen LogP contribution is -2.52. The molecule has 0 heterocycles. The Bertz CT molecular complexity index is 509. The average Bonchev–Trinajstić information content (AvgIpc) is 2.35. The minimum Gasteiger partial charge on any atom is -0.388 e. The molecule has 1 aliphatic rings. The summed E-state index contributed by atoms with van der Waals surface area (Å²) in [7, 11) is 0. The Kier molecular flexibility index (Phi) is 4.95. The normalized spacial score (nSPS) is 19.4. The van der Waals surface area contributed by atoms with Crippen molar-refractivity contribution in [2.45, 2.75) is 57.0 Å². The highest BCUT2D eigenvalue weighted by Gasteiger charge is 2.45. The van der Waals surface area contributed by atoms with Gasteiger partial charge in [0.05, 0.1) is 11.0 Å². The lowest BCUT2D eigenvalue weighted by molar-refractivity contribution is -0.131. The molecule has 1 amide bonds. The van der Waals surface area contributed by atoms with Crippen molar-refractivity contribution in [3.8, 4) is 0 Å². The number of rotatable bonds is 6. The van der Waals surface area contributed by atoms with Crippen molar-refractivity contribution < 1.29 is 9.90 Å². The number of hydrogen-bond donors (Lipinski definition) is 2.